The van der Waals surface area contributed by atoms with Gasteiger partial charge in [-0.3, -0.25) is 14.4 Å². The van der Waals surface area contributed by atoms with Gasteiger partial charge in [0.2, 0.25) is 17.7 Å². The Balaban J connectivity index is 1.54. The Kier molecular flexibility index (Phi) is 6.11. The van der Waals surface area contributed by atoms with Crippen molar-refractivity contribution >= 4 is 40.0 Å². The molecule has 8 nitrogen and oxygen atoms in total. The lowest BCUT2D eigenvalue weighted by Crippen LogP contribution is -2.44. The van der Waals surface area contributed by atoms with Crippen molar-refractivity contribution in [3.05, 3.63) is 54.2 Å². The van der Waals surface area contributed by atoms with Crippen molar-refractivity contribution in [1.82, 2.24) is 10.3 Å². The van der Waals surface area contributed by atoms with Gasteiger partial charge in [0, 0.05) is 55.2 Å². The summed E-state index contributed by atoms with van der Waals surface area (Å²) in [4.78, 5) is 41.8. The van der Waals surface area contributed by atoms with Crippen LogP contribution in [0.5, 0.6) is 5.75 Å². The minimum atomic E-state index is -0.752. The number of hydrogen-bond acceptors (Lipinski definition) is 4. The van der Waals surface area contributed by atoms with E-state index in [1.807, 2.05) is 30.5 Å². The van der Waals surface area contributed by atoms with E-state index in [4.69, 9.17) is 4.74 Å². The summed E-state index contributed by atoms with van der Waals surface area (Å²) < 4.78 is 5.47. The highest BCUT2D eigenvalue weighted by atomic mass is 16.5. The summed E-state index contributed by atoms with van der Waals surface area (Å²) in [5, 5.41) is 6.62. The first kappa shape index (κ1) is 21.4. The SMILES string of the molecule is COc1cc(NC(=O)C(Cc2c[nH]c3ccccc23)NC(C)=O)ccc1N1CCCC1=O. The minimum absolute atomic E-state index is 0.0598. The van der Waals surface area contributed by atoms with E-state index < -0.39 is 6.04 Å². The number of benzene rings is 2. The van der Waals surface area contributed by atoms with E-state index >= 15 is 0 Å². The second kappa shape index (κ2) is 9.13. The Morgan fingerprint density at radius 3 is 2.75 bits per heavy atom. The van der Waals surface area contributed by atoms with Crippen molar-refractivity contribution < 1.29 is 19.1 Å². The number of H-pyrrole nitrogens is 1. The van der Waals surface area contributed by atoms with E-state index in [1.165, 1.54) is 14.0 Å². The van der Waals surface area contributed by atoms with Crippen LogP contribution in [0.3, 0.4) is 0 Å². The van der Waals surface area contributed by atoms with E-state index in [-0.39, 0.29) is 17.7 Å². The Labute approximate surface area is 185 Å². The van der Waals surface area contributed by atoms with Gasteiger partial charge in [0.15, 0.2) is 0 Å². The lowest BCUT2D eigenvalue weighted by Gasteiger charge is -2.21. The quantitative estimate of drug-likeness (QED) is 0.532. The van der Waals surface area contributed by atoms with Crippen LogP contribution in [0.15, 0.2) is 48.7 Å². The number of para-hydroxylation sites is 1. The van der Waals surface area contributed by atoms with Gasteiger partial charge >= 0.3 is 0 Å². The number of carbonyl (C=O) groups excluding carboxylic acids is 3. The third-order valence-corrected chi connectivity index (χ3v) is 5.60. The zero-order valence-electron chi connectivity index (χ0n) is 18.1. The second-order valence-corrected chi connectivity index (χ2v) is 7.84. The average molecular weight is 434 g/mol. The number of nitrogens with one attached hydrogen (secondary N) is 3. The van der Waals surface area contributed by atoms with Crippen LogP contribution in [0.1, 0.15) is 25.3 Å². The summed E-state index contributed by atoms with van der Waals surface area (Å²) >= 11 is 0. The molecule has 0 aliphatic carbocycles. The molecular formula is C24H26N4O4. The van der Waals surface area contributed by atoms with Crippen LogP contribution < -0.4 is 20.3 Å². The highest BCUT2D eigenvalue weighted by Crippen LogP contribution is 2.34. The van der Waals surface area contributed by atoms with Crippen molar-refractivity contribution in [2.75, 3.05) is 23.9 Å². The number of aromatic amines is 1. The number of anilines is 2. The summed E-state index contributed by atoms with van der Waals surface area (Å²) in [6.07, 6.45) is 3.53. The van der Waals surface area contributed by atoms with Crippen molar-refractivity contribution in [3.63, 3.8) is 0 Å². The number of carbonyl (C=O) groups is 3. The van der Waals surface area contributed by atoms with E-state index in [0.717, 1.165) is 22.9 Å². The van der Waals surface area contributed by atoms with Crippen LogP contribution in [0.25, 0.3) is 10.9 Å². The predicted molar refractivity (Wildman–Crippen MR) is 123 cm³/mol. The molecule has 1 saturated heterocycles. The molecule has 1 fully saturated rings. The number of aromatic nitrogens is 1. The smallest absolute Gasteiger partial charge is 0.247 e. The molecule has 1 atom stereocenters. The summed E-state index contributed by atoms with van der Waals surface area (Å²) in [6, 6.07) is 12.3. The minimum Gasteiger partial charge on any atom is -0.494 e. The lowest BCUT2D eigenvalue weighted by atomic mass is 10.0. The number of hydrogen-bond donors (Lipinski definition) is 3. The third-order valence-electron chi connectivity index (χ3n) is 5.60. The van der Waals surface area contributed by atoms with Gasteiger partial charge in [-0.05, 0) is 30.2 Å². The van der Waals surface area contributed by atoms with E-state index in [2.05, 4.69) is 15.6 Å². The molecule has 8 heteroatoms. The molecule has 1 aliphatic rings. The molecule has 0 saturated carbocycles. The Morgan fingerprint density at radius 1 is 1.22 bits per heavy atom. The molecule has 4 rings (SSSR count). The van der Waals surface area contributed by atoms with Crippen LogP contribution in [-0.4, -0.2) is 42.4 Å². The maximum atomic E-state index is 13.1. The average Bonchev–Trinajstić information content (AvgIpc) is 3.39. The van der Waals surface area contributed by atoms with Gasteiger partial charge in [-0.25, -0.2) is 0 Å². The molecule has 0 spiro atoms. The van der Waals surface area contributed by atoms with Crippen LogP contribution in [-0.2, 0) is 20.8 Å². The largest absolute Gasteiger partial charge is 0.494 e. The number of nitrogens with zero attached hydrogens (tertiary/aromatic N) is 1. The molecule has 1 aromatic heterocycles. The maximum Gasteiger partial charge on any atom is 0.247 e. The number of ether oxygens (including phenoxy) is 1. The molecule has 2 aromatic carbocycles. The number of amides is 3. The fourth-order valence-electron chi connectivity index (χ4n) is 4.09. The van der Waals surface area contributed by atoms with Gasteiger partial charge in [-0.1, -0.05) is 18.2 Å². The van der Waals surface area contributed by atoms with Gasteiger partial charge in [0.1, 0.15) is 11.8 Å². The molecular weight excluding hydrogens is 408 g/mol. The van der Waals surface area contributed by atoms with Gasteiger partial charge in [-0.15, -0.1) is 0 Å². The molecule has 32 heavy (non-hydrogen) atoms. The van der Waals surface area contributed by atoms with Crippen molar-refractivity contribution in [3.8, 4) is 5.75 Å². The standard InChI is InChI=1S/C24H26N4O4/c1-15(29)26-20(12-16-14-25-19-7-4-3-6-18(16)19)24(31)27-17-9-10-21(22(13-17)32-2)28-11-5-8-23(28)30/h3-4,6-7,9-10,13-14,20,25H,5,8,11-12H2,1-2H3,(H,26,29)(H,27,31). The van der Waals surface area contributed by atoms with Crippen molar-refractivity contribution in [2.45, 2.75) is 32.2 Å². The topological polar surface area (TPSA) is 104 Å². The van der Waals surface area contributed by atoms with Crippen LogP contribution in [0.4, 0.5) is 11.4 Å². The maximum absolute atomic E-state index is 13.1. The summed E-state index contributed by atoms with van der Waals surface area (Å²) in [5.41, 5.74) is 3.12. The molecule has 0 radical (unpaired) electrons. The fraction of sp³-hybridized carbons (Fsp3) is 0.292. The first-order chi connectivity index (χ1) is 15.5. The Hall–Kier alpha value is -3.81. The summed E-state index contributed by atoms with van der Waals surface area (Å²) in [6.45, 7) is 2.04. The number of methoxy groups -OCH3 is 1. The first-order valence-electron chi connectivity index (χ1n) is 10.6. The summed E-state index contributed by atoms with van der Waals surface area (Å²) in [5.74, 6) is -0.0571. The van der Waals surface area contributed by atoms with Gasteiger partial charge in [0.05, 0.1) is 12.8 Å². The lowest BCUT2D eigenvalue weighted by molar-refractivity contribution is -0.125. The fourth-order valence-corrected chi connectivity index (χ4v) is 4.09. The zero-order valence-corrected chi connectivity index (χ0v) is 18.1. The van der Waals surface area contributed by atoms with Crippen LogP contribution >= 0.6 is 0 Å². The normalized spacial score (nSPS) is 14.4. The van der Waals surface area contributed by atoms with Crippen molar-refractivity contribution in [1.29, 1.82) is 0 Å². The zero-order chi connectivity index (χ0) is 22.7. The summed E-state index contributed by atoms with van der Waals surface area (Å²) in [7, 11) is 1.53. The van der Waals surface area contributed by atoms with Crippen LogP contribution in [0.2, 0.25) is 0 Å². The molecule has 3 aromatic rings. The highest BCUT2D eigenvalue weighted by molar-refractivity contribution is 6.00. The number of rotatable bonds is 7. The van der Waals surface area contributed by atoms with Crippen LogP contribution in [0, 0.1) is 0 Å². The highest BCUT2D eigenvalue weighted by Gasteiger charge is 2.26. The van der Waals surface area contributed by atoms with E-state index in [9.17, 15) is 14.4 Å². The second-order valence-electron chi connectivity index (χ2n) is 7.84. The van der Waals surface area contributed by atoms with E-state index in [0.29, 0.717) is 36.5 Å². The molecule has 2 heterocycles. The first-order valence-corrected chi connectivity index (χ1v) is 10.6. The molecule has 1 aliphatic heterocycles. The molecule has 0 bridgehead atoms. The predicted octanol–water partition coefficient (Wildman–Crippen LogP) is 2.99. The van der Waals surface area contributed by atoms with Gasteiger partial charge < -0.3 is 25.3 Å². The van der Waals surface area contributed by atoms with E-state index in [1.54, 1.807) is 23.1 Å². The van der Waals surface area contributed by atoms with Crippen molar-refractivity contribution in [2.24, 2.45) is 0 Å². The Bertz CT molecular complexity index is 1170. The monoisotopic (exact) mass is 434 g/mol. The molecule has 1 unspecified atom stereocenters. The molecule has 3 N–H and O–H groups in total. The number of fused-ring (bicyclic) bond motifs is 1. The Morgan fingerprint density at radius 2 is 2.03 bits per heavy atom. The van der Waals surface area contributed by atoms with Gasteiger partial charge in [-0.2, -0.15) is 0 Å². The molecule has 166 valence electrons. The van der Waals surface area contributed by atoms with Gasteiger partial charge in [0.25, 0.3) is 0 Å². The molecule has 3 amide bonds. The third kappa shape index (κ3) is 4.44.